The zero-order chi connectivity index (χ0) is 21.2. The van der Waals surface area contributed by atoms with Crippen LogP contribution in [0, 0.1) is 12.8 Å². The molecule has 0 bridgehead atoms. The molecule has 0 aliphatic rings. The van der Waals surface area contributed by atoms with Crippen LogP contribution >= 0.6 is 0 Å². The molecule has 2 rings (SSSR count). The molecule has 2 atom stereocenters. The van der Waals surface area contributed by atoms with Crippen LogP contribution < -0.4 is 10.1 Å². The molecule has 29 heavy (non-hydrogen) atoms. The molecular weight excluding hydrogens is 366 g/mol. The monoisotopic (exact) mass is 397 g/mol. The van der Waals surface area contributed by atoms with Gasteiger partial charge in [0.2, 0.25) is 5.91 Å². The molecule has 5 heteroatoms. The summed E-state index contributed by atoms with van der Waals surface area (Å²) in [6, 6.07) is 14.1. The lowest BCUT2D eigenvalue weighted by atomic mass is 10.1. The van der Waals surface area contributed by atoms with E-state index in [9.17, 15) is 9.59 Å². The lowest BCUT2D eigenvalue weighted by molar-refractivity contribution is -0.145. The van der Waals surface area contributed by atoms with Crippen molar-refractivity contribution in [2.24, 2.45) is 5.92 Å². The van der Waals surface area contributed by atoms with E-state index in [0.29, 0.717) is 18.1 Å². The van der Waals surface area contributed by atoms with Gasteiger partial charge >= 0.3 is 5.97 Å². The van der Waals surface area contributed by atoms with E-state index >= 15 is 0 Å². The smallest absolute Gasteiger partial charge is 0.333 e. The third-order valence-corrected chi connectivity index (χ3v) is 4.76. The number of amides is 1. The van der Waals surface area contributed by atoms with Gasteiger partial charge < -0.3 is 14.8 Å². The van der Waals surface area contributed by atoms with Crippen LogP contribution in [0.1, 0.15) is 49.4 Å². The van der Waals surface area contributed by atoms with Crippen molar-refractivity contribution in [1.29, 1.82) is 0 Å². The number of aryl methyl sites for hydroxylation is 1. The number of nitrogens with one attached hydrogen (secondary N) is 1. The Bertz CT molecular complexity index is 784. The average molecular weight is 398 g/mol. The van der Waals surface area contributed by atoms with Crippen LogP contribution in [0.5, 0.6) is 5.75 Å². The van der Waals surface area contributed by atoms with Crippen molar-refractivity contribution in [2.75, 3.05) is 13.7 Å². The summed E-state index contributed by atoms with van der Waals surface area (Å²) < 4.78 is 10.7. The van der Waals surface area contributed by atoms with E-state index in [1.807, 2.05) is 43.3 Å². The van der Waals surface area contributed by atoms with Crippen LogP contribution in [0.2, 0.25) is 0 Å². The highest BCUT2D eigenvalue weighted by Crippen LogP contribution is 2.20. The molecule has 5 nitrogen and oxygen atoms in total. The van der Waals surface area contributed by atoms with Crippen molar-refractivity contribution in [1.82, 2.24) is 5.32 Å². The molecule has 0 aliphatic carbocycles. The maximum atomic E-state index is 12.5. The largest absolute Gasteiger partial charge is 0.493 e. The summed E-state index contributed by atoms with van der Waals surface area (Å²) in [6.07, 6.45) is 2.45. The highest BCUT2D eigenvalue weighted by Gasteiger charge is 2.23. The second kappa shape index (κ2) is 11.2. The zero-order valence-electron chi connectivity index (χ0n) is 17.7. The molecule has 0 radical (unpaired) electrons. The van der Waals surface area contributed by atoms with Crippen LogP contribution in [0.4, 0.5) is 0 Å². The van der Waals surface area contributed by atoms with Crippen LogP contribution in [-0.2, 0) is 20.7 Å². The summed E-state index contributed by atoms with van der Waals surface area (Å²) in [5.41, 5.74) is 2.68. The van der Waals surface area contributed by atoms with Crippen LogP contribution in [0.25, 0.3) is 0 Å². The first-order valence-corrected chi connectivity index (χ1v) is 10.1. The van der Waals surface area contributed by atoms with E-state index in [1.54, 1.807) is 12.1 Å². The topological polar surface area (TPSA) is 64.6 Å². The Morgan fingerprint density at radius 2 is 1.69 bits per heavy atom. The Morgan fingerprint density at radius 1 is 1.03 bits per heavy atom. The molecule has 0 aliphatic heterocycles. The highest BCUT2D eigenvalue weighted by molar-refractivity contribution is 5.86. The van der Waals surface area contributed by atoms with E-state index in [2.05, 4.69) is 19.2 Å². The Labute approximate surface area is 173 Å². The van der Waals surface area contributed by atoms with Crippen molar-refractivity contribution in [3.05, 3.63) is 65.2 Å². The first kappa shape index (κ1) is 22.5. The van der Waals surface area contributed by atoms with Crippen LogP contribution in [-0.4, -0.2) is 25.6 Å². The van der Waals surface area contributed by atoms with Crippen molar-refractivity contribution in [3.63, 3.8) is 0 Å². The molecule has 0 aromatic heterocycles. The van der Waals surface area contributed by atoms with Gasteiger partial charge in [-0.1, -0.05) is 62.2 Å². The number of carbonyl (C=O) groups is 2. The molecule has 1 amide bonds. The fraction of sp³-hybridized carbons (Fsp3) is 0.417. The second-order valence-corrected chi connectivity index (χ2v) is 7.46. The van der Waals surface area contributed by atoms with Gasteiger partial charge in [-0.05, 0) is 42.5 Å². The lowest BCUT2D eigenvalue weighted by Gasteiger charge is -2.18. The van der Waals surface area contributed by atoms with Gasteiger partial charge in [0, 0.05) is 0 Å². The number of rotatable bonds is 10. The normalized spacial score (nSPS) is 12.7. The third kappa shape index (κ3) is 7.26. The fourth-order valence-corrected chi connectivity index (χ4v) is 3.07. The molecule has 0 saturated heterocycles. The van der Waals surface area contributed by atoms with Crippen molar-refractivity contribution in [3.8, 4) is 5.75 Å². The Morgan fingerprint density at radius 3 is 2.28 bits per heavy atom. The molecule has 0 spiro atoms. The van der Waals surface area contributed by atoms with Crippen LogP contribution in [0.15, 0.2) is 48.5 Å². The second-order valence-electron chi connectivity index (χ2n) is 7.46. The molecule has 2 aromatic carbocycles. The lowest BCUT2D eigenvalue weighted by Crippen LogP contribution is -2.35. The molecular formula is C24H31NO4. The number of esters is 1. The van der Waals surface area contributed by atoms with Crippen molar-refractivity contribution in [2.45, 2.75) is 46.1 Å². The summed E-state index contributed by atoms with van der Waals surface area (Å²) in [5, 5.41) is 2.78. The van der Waals surface area contributed by atoms with Gasteiger partial charge in [0.25, 0.3) is 0 Å². The van der Waals surface area contributed by atoms with Crippen LogP contribution in [0.3, 0.4) is 0 Å². The molecule has 2 aromatic rings. The van der Waals surface area contributed by atoms with Crippen molar-refractivity contribution < 1.29 is 19.1 Å². The van der Waals surface area contributed by atoms with E-state index in [0.717, 1.165) is 29.7 Å². The highest BCUT2D eigenvalue weighted by atomic mass is 16.5. The maximum Gasteiger partial charge on any atom is 0.333 e. The summed E-state index contributed by atoms with van der Waals surface area (Å²) in [4.78, 5) is 24.7. The minimum atomic E-state index is -0.856. The molecule has 0 saturated carbocycles. The molecule has 1 N–H and O–H groups in total. The quantitative estimate of drug-likeness (QED) is 0.604. The van der Waals surface area contributed by atoms with Gasteiger partial charge in [0.15, 0.2) is 6.04 Å². The van der Waals surface area contributed by atoms with E-state index in [-0.39, 0.29) is 12.3 Å². The number of ether oxygens (including phenoxy) is 2. The van der Waals surface area contributed by atoms with Gasteiger partial charge in [-0.3, -0.25) is 4.79 Å². The summed E-state index contributed by atoms with van der Waals surface area (Å²) in [6.45, 7) is 6.97. The molecule has 156 valence electrons. The number of hydrogen-bond donors (Lipinski definition) is 1. The van der Waals surface area contributed by atoms with Gasteiger partial charge in [0.1, 0.15) is 5.75 Å². The minimum Gasteiger partial charge on any atom is -0.493 e. The first-order valence-electron chi connectivity index (χ1n) is 10.1. The summed E-state index contributed by atoms with van der Waals surface area (Å²) >= 11 is 0. The Balaban J connectivity index is 2.02. The van der Waals surface area contributed by atoms with Gasteiger partial charge in [-0.2, -0.15) is 0 Å². The molecule has 0 heterocycles. The van der Waals surface area contributed by atoms with Gasteiger partial charge in [-0.25, -0.2) is 4.79 Å². The zero-order valence-corrected chi connectivity index (χ0v) is 17.7. The summed E-state index contributed by atoms with van der Waals surface area (Å²) in [7, 11) is 1.31. The predicted octanol–water partition coefficient (Wildman–Crippen LogP) is 4.38. The minimum absolute atomic E-state index is 0.199. The SMILES string of the molecule is CCCC(C)COc1ccc([C@@H](NC(=O)Cc2ccc(C)cc2)C(=O)OC)cc1. The number of carbonyl (C=O) groups excluding carboxylic acids is 2. The first-order chi connectivity index (χ1) is 13.9. The summed E-state index contributed by atoms with van der Waals surface area (Å²) in [5.74, 6) is 0.486. The van der Waals surface area contributed by atoms with E-state index < -0.39 is 12.0 Å². The number of methoxy groups -OCH3 is 1. The standard InChI is InChI=1S/C24H31NO4/c1-5-6-18(3)16-29-21-13-11-20(12-14-21)23(24(27)28-4)25-22(26)15-19-9-7-17(2)8-10-19/h7-14,18,23H,5-6,15-16H2,1-4H3,(H,25,26)/t18?,23-/m1/s1. The predicted molar refractivity (Wildman–Crippen MR) is 114 cm³/mol. The Hall–Kier alpha value is -2.82. The molecule has 0 fully saturated rings. The maximum absolute atomic E-state index is 12.5. The van der Waals surface area contributed by atoms with Gasteiger partial charge in [-0.15, -0.1) is 0 Å². The van der Waals surface area contributed by atoms with Gasteiger partial charge in [0.05, 0.1) is 20.1 Å². The Kier molecular flexibility index (Phi) is 8.71. The fourth-order valence-electron chi connectivity index (χ4n) is 3.07. The third-order valence-electron chi connectivity index (χ3n) is 4.76. The van der Waals surface area contributed by atoms with Crippen molar-refractivity contribution >= 4 is 11.9 Å². The van der Waals surface area contributed by atoms with E-state index in [1.165, 1.54) is 7.11 Å². The van der Waals surface area contributed by atoms with E-state index in [4.69, 9.17) is 9.47 Å². The average Bonchev–Trinajstić information content (AvgIpc) is 2.72. The number of benzene rings is 2. The molecule has 1 unspecified atom stereocenters. The number of hydrogen-bond acceptors (Lipinski definition) is 4.